The maximum Gasteiger partial charge on any atom is 0.224 e. The number of aliphatic imine (C=N–C) groups is 1. The largest absolute Gasteiger partial charge is 0.359 e. The molecule has 1 unspecified atom stereocenters. The average molecular weight is 519 g/mol. The van der Waals surface area contributed by atoms with Crippen molar-refractivity contribution < 1.29 is 9.32 Å². The van der Waals surface area contributed by atoms with Crippen molar-refractivity contribution in [2.75, 3.05) is 26.2 Å². The molecule has 1 aliphatic rings. The van der Waals surface area contributed by atoms with E-state index in [-0.39, 0.29) is 29.9 Å². The van der Waals surface area contributed by atoms with Crippen molar-refractivity contribution in [2.45, 2.75) is 72.3 Å². The lowest BCUT2D eigenvalue weighted by Gasteiger charge is -2.31. The molecule has 1 aliphatic heterocycles. The van der Waals surface area contributed by atoms with Crippen molar-refractivity contribution in [2.24, 2.45) is 10.9 Å². The number of amides is 1. The second-order valence-corrected chi connectivity index (χ2v) is 7.69. The fourth-order valence-electron chi connectivity index (χ4n) is 3.66. The lowest BCUT2D eigenvalue weighted by Crippen LogP contribution is -2.42. The Morgan fingerprint density at radius 1 is 1.34 bits per heavy atom. The molecule has 2 rings (SSSR count). The topological polar surface area (TPSA) is 82.8 Å². The van der Waals surface area contributed by atoms with Gasteiger partial charge in [-0.15, -0.1) is 24.0 Å². The van der Waals surface area contributed by atoms with Crippen molar-refractivity contribution in [3.05, 3.63) is 17.5 Å². The quantitative estimate of drug-likeness (QED) is 0.294. The Balaban J connectivity index is 0.00000420. The minimum Gasteiger partial charge on any atom is -0.359 e. The van der Waals surface area contributed by atoms with Gasteiger partial charge < -0.3 is 20.1 Å². The van der Waals surface area contributed by atoms with Crippen LogP contribution in [0.25, 0.3) is 0 Å². The highest BCUT2D eigenvalue weighted by Gasteiger charge is 2.20. The van der Waals surface area contributed by atoms with Crippen LogP contribution in [0.15, 0.2) is 15.6 Å². The van der Waals surface area contributed by atoms with Gasteiger partial charge in [0.1, 0.15) is 6.54 Å². The summed E-state index contributed by atoms with van der Waals surface area (Å²) in [7, 11) is 0. The highest BCUT2D eigenvalue weighted by molar-refractivity contribution is 14.0. The number of rotatable bonds is 9. The molecule has 0 spiro atoms. The fraction of sp³-hybridized carbons (Fsp3) is 0.762. The van der Waals surface area contributed by atoms with Crippen LogP contribution >= 0.6 is 24.0 Å². The molecule has 1 saturated heterocycles. The number of guanidine groups is 1. The minimum absolute atomic E-state index is 0. The smallest absolute Gasteiger partial charge is 0.224 e. The third-order valence-electron chi connectivity index (χ3n) is 5.36. The molecule has 0 saturated carbocycles. The fourth-order valence-corrected chi connectivity index (χ4v) is 3.66. The first kappa shape index (κ1) is 25.7. The molecule has 29 heavy (non-hydrogen) atoms. The number of likely N-dealkylation sites (tertiary alicyclic amines) is 1. The Morgan fingerprint density at radius 3 is 2.76 bits per heavy atom. The number of piperidine rings is 1. The van der Waals surface area contributed by atoms with Crippen LogP contribution < -0.4 is 10.6 Å². The summed E-state index contributed by atoms with van der Waals surface area (Å²) in [5.41, 5.74) is 1.01. The number of carbonyl (C=O) groups is 1. The molecule has 0 bridgehead atoms. The zero-order chi connectivity index (χ0) is 20.4. The molecule has 2 N–H and O–H groups in total. The predicted molar refractivity (Wildman–Crippen MR) is 128 cm³/mol. The van der Waals surface area contributed by atoms with Gasteiger partial charge in [-0.05, 0) is 38.5 Å². The van der Waals surface area contributed by atoms with Crippen molar-refractivity contribution in [3.63, 3.8) is 0 Å². The van der Waals surface area contributed by atoms with Crippen LogP contribution in [-0.2, 0) is 11.3 Å². The van der Waals surface area contributed by atoms with Gasteiger partial charge in [-0.1, -0.05) is 25.9 Å². The summed E-state index contributed by atoms with van der Waals surface area (Å²) in [5, 5.41) is 10.7. The maximum absolute atomic E-state index is 12.4. The highest BCUT2D eigenvalue weighted by Crippen LogP contribution is 2.22. The molecule has 8 heteroatoms. The number of nitrogens with zero attached hydrogens (tertiary/aromatic N) is 3. The molecule has 0 aliphatic carbocycles. The second kappa shape index (κ2) is 13.8. The van der Waals surface area contributed by atoms with Gasteiger partial charge in [0.2, 0.25) is 5.91 Å². The van der Waals surface area contributed by atoms with E-state index in [9.17, 15) is 4.79 Å². The number of aromatic nitrogens is 1. The summed E-state index contributed by atoms with van der Waals surface area (Å²) >= 11 is 0. The first-order valence-electron chi connectivity index (χ1n) is 10.8. The molecule has 1 aromatic heterocycles. The van der Waals surface area contributed by atoms with Gasteiger partial charge in [-0.25, -0.2) is 4.99 Å². The minimum atomic E-state index is 0. The highest BCUT2D eigenvalue weighted by atomic mass is 127. The van der Waals surface area contributed by atoms with Crippen molar-refractivity contribution in [1.29, 1.82) is 0 Å². The Hall–Kier alpha value is -1.32. The average Bonchev–Trinajstić information content (AvgIpc) is 3.15. The van der Waals surface area contributed by atoms with Crippen LogP contribution in [0.4, 0.5) is 0 Å². The van der Waals surface area contributed by atoms with Gasteiger partial charge in [-0.3, -0.25) is 4.79 Å². The SMILES string of the molecule is CCNC(=NCc1cc(C(CC)CC)no1)NCCC(=O)N1CCCC(C)C1.I. The summed E-state index contributed by atoms with van der Waals surface area (Å²) < 4.78 is 5.44. The molecular formula is C21H38IN5O2. The summed E-state index contributed by atoms with van der Waals surface area (Å²) in [6, 6.07) is 2.01. The lowest BCUT2D eigenvalue weighted by atomic mass is 9.99. The maximum atomic E-state index is 12.4. The van der Waals surface area contributed by atoms with Crippen molar-refractivity contribution in [1.82, 2.24) is 20.7 Å². The zero-order valence-corrected chi connectivity index (χ0v) is 20.7. The standard InChI is InChI=1S/C21H37N5O2.HI/c1-5-17(6-2)19-13-18(28-25-19)14-24-21(22-7-3)23-11-10-20(27)26-12-8-9-16(4)15-26;/h13,16-17H,5-12,14-15H2,1-4H3,(H2,22,23,24);1H. The van der Waals surface area contributed by atoms with E-state index in [1.165, 1.54) is 6.42 Å². The summed E-state index contributed by atoms with van der Waals surface area (Å²) in [4.78, 5) is 18.9. The second-order valence-electron chi connectivity index (χ2n) is 7.69. The normalized spacial score (nSPS) is 17.2. The van der Waals surface area contributed by atoms with E-state index in [0.29, 0.717) is 37.3 Å². The van der Waals surface area contributed by atoms with Gasteiger partial charge in [0.25, 0.3) is 0 Å². The molecule has 1 atom stereocenters. The number of hydrogen-bond donors (Lipinski definition) is 2. The third-order valence-corrected chi connectivity index (χ3v) is 5.36. The van der Waals surface area contributed by atoms with Crippen molar-refractivity contribution >= 4 is 35.8 Å². The van der Waals surface area contributed by atoms with Gasteiger partial charge >= 0.3 is 0 Å². The Bertz CT molecular complexity index is 630. The van der Waals surface area contributed by atoms with E-state index < -0.39 is 0 Å². The van der Waals surface area contributed by atoms with Gasteiger partial charge in [0.05, 0.1) is 5.69 Å². The number of nitrogens with one attached hydrogen (secondary N) is 2. The lowest BCUT2D eigenvalue weighted by molar-refractivity contribution is -0.132. The number of hydrogen-bond acceptors (Lipinski definition) is 4. The summed E-state index contributed by atoms with van der Waals surface area (Å²) in [5.74, 6) is 2.73. The molecule has 7 nitrogen and oxygen atoms in total. The first-order chi connectivity index (χ1) is 13.6. The summed E-state index contributed by atoms with van der Waals surface area (Å²) in [6.07, 6.45) is 4.93. The molecule has 1 fully saturated rings. The summed E-state index contributed by atoms with van der Waals surface area (Å²) in [6.45, 7) is 12.1. The zero-order valence-electron chi connectivity index (χ0n) is 18.4. The van der Waals surface area contributed by atoms with Crippen LogP contribution in [0, 0.1) is 5.92 Å². The predicted octanol–water partition coefficient (Wildman–Crippen LogP) is 3.90. The number of carbonyl (C=O) groups excluding carboxylic acids is 1. The van der Waals surface area contributed by atoms with E-state index in [0.717, 1.165) is 50.4 Å². The van der Waals surface area contributed by atoms with Gasteiger partial charge in [-0.2, -0.15) is 0 Å². The first-order valence-corrected chi connectivity index (χ1v) is 10.8. The van der Waals surface area contributed by atoms with Gasteiger partial charge in [0, 0.05) is 44.6 Å². The number of halogens is 1. The molecule has 166 valence electrons. The van der Waals surface area contributed by atoms with Crippen LogP contribution in [0.1, 0.15) is 77.2 Å². The third kappa shape index (κ3) is 8.52. The Labute approximate surface area is 192 Å². The van der Waals surface area contributed by atoms with Gasteiger partial charge in [0.15, 0.2) is 11.7 Å². The van der Waals surface area contributed by atoms with Crippen LogP contribution in [0.3, 0.4) is 0 Å². The van der Waals surface area contributed by atoms with E-state index in [4.69, 9.17) is 4.52 Å². The Morgan fingerprint density at radius 2 is 2.10 bits per heavy atom. The van der Waals surface area contributed by atoms with Crippen LogP contribution in [-0.4, -0.2) is 48.1 Å². The van der Waals surface area contributed by atoms with Crippen molar-refractivity contribution in [3.8, 4) is 0 Å². The van der Waals surface area contributed by atoms with E-state index in [2.05, 4.69) is 41.6 Å². The monoisotopic (exact) mass is 519 g/mol. The van der Waals surface area contributed by atoms with E-state index >= 15 is 0 Å². The van der Waals surface area contributed by atoms with Crippen LogP contribution in [0.2, 0.25) is 0 Å². The molecule has 2 heterocycles. The Kier molecular flexibility index (Phi) is 12.3. The van der Waals surface area contributed by atoms with Crippen LogP contribution in [0.5, 0.6) is 0 Å². The molecule has 1 amide bonds. The molecule has 0 radical (unpaired) electrons. The van der Waals surface area contributed by atoms with E-state index in [1.54, 1.807) is 0 Å². The van der Waals surface area contributed by atoms with E-state index in [1.807, 2.05) is 17.9 Å². The molecule has 1 aromatic rings. The molecule has 0 aromatic carbocycles. The molecular weight excluding hydrogens is 481 g/mol.